The van der Waals surface area contributed by atoms with Crippen LogP contribution >= 0.6 is 12.4 Å². The molecule has 4 nitrogen and oxygen atoms in total. The first kappa shape index (κ1) is 22.5. The summed E-state index contributed by atoms with van der Waals surface area (Å²) in [7, 11) is 5.23. The van der Waals surface area contributed by atoms with E-state index in [0.29, 0.717) is 22.6 Å². The lowest BCUT2D eigenvalue weighted by atomic mass is 10.0. The molecule has 0 atom stereocenters. The fourth-order valence-corrected chi connectivity index (χ4v) is 3.17. The minimum atomic E-state index is -0.0369. The molecule has 0 spiro atoms. The van der Waals surface area contributed by atoms with Crippen molar-refractivity contribution >= 4 is 18.2 Å². The lowest BCUT2D eigenvalue weighted by molar-refractivity contribution is 0.103. The van der Waals surface area contributed by atoms with Crippen LogP contribution in [0.15, 0.2) is 72.8 Å². The lowest BCUT2D eigenvalue weighted by Gasteiger charge is -2.17. The topological polar surface area (TPSA) is 38.8 Å². The fraction of sp³-hybridized carbons (Fsp3) is 0.208. The largest absolute Gasteiger partial charge is 0.493 e. The Morgan fingerprint density at radius 2 is 1.31 bits per heavy atom. The molecule has 0 heterocycles. The van der Waals surface area contributed by atoms with E-state index in [9.17, 15) is 4.79 Å². The van der Waals surface area contributed by atoms with E-state index in [1.807, 2.05) is 30.3 Å². The highest BCUT2D eigenvalue weighted by molar-refractivity contribution is 6.09. The summed E-state index contributed by atoms with van der Waals surface area (Å²) in [4.78, 5) is 15.0. The fourth-order valence-electron chi connectivity index (χ4n) is 3.17. The zero-order chi connectivity index (χ0) is 19.9. The quantitative estimate of drug-likeness (QED) is 0.489. The zero-order valence-electron chi connectivity index (χ0n) is 16.9. The number of hydrogen-bond acceptors (Lipinski definition) is 4. The van der Waals surface area contributed by atoms with Crippen molar-refractivity contribution in [3.05, 3.63) is 95.1 Å². The maximum absolute atomic E-state index is 12.8. The molecule has 0 aliphatic rings. The Labute approximate surface area is 178 Å². The molecule has 3 aromatic rings. The molecule has 0 amide bonds. The molecule has 0 bridgehead atoms. The Bertz CT molecular complexity index is 927. The number of rotatable bonds is 8. The maximum Gasteiger partial charge on any atom is 0.193 e. The number of nitrogens with zero attached hydrogens (tertiary/aromatic N) is 1. The molecule has 0 aliphatic carbocycles. The van der Waals surface area contributed by atoms with Gasteiger partial charge in [0.05, 0.1) is 14.2 Å². The van der Waals surface area contributed by atoms with Crippen LogP contribution in [0.2, 0.25) is 0 Å². The Balaban J connectivity index is 0.00000300. The molecule has 0 aliphatic heterocycles. The zero-order valence-corrected chi connectivity index (χ0v) is 17.7. The number of ether oxygens (including phenoxy) is 2. The smallest absolute Gasteiger partial charge is 0.193 e. The van der Waals surface area contributed by atoms with Crippen molar-refractivity contribution in [2.45, 2.75) is 13.1 Å². The van der Waals surface area contributed by atoms with Gasteiger partial charge < -0.3 is 9.47 Å². The van der Waals surface area contributed by atoms with Gasteiger partial charge in [0.15, 0.2) is 17.3 Å². The second-order valence-corrected chi connectivity index (χ2v) is 6.75. The summed E-state index contributed by atoms with van der Waals surface area (Å²) in [5, 5.41) is 0. The normalized spacial score (nSPS) is 10.3. The first-order chi connectivity index (χ1) is 13.6. The van der Waals surface area contributed by atoms with Gasteiger partial charge in [0, 0.05) is 24.2 Å². The second kappa shape index (κ2) is 10.6. The lowest BCUT2D eigenvalue weighted by Crippen LogP contribution is -2.17. The van der Waals surface area contributed by atoms with Crippen LogP contribution in [0.3, 0.4) is 0 Å². The van der Waals surface area contributed by atoms with Gasteiger partial charge in [0.25, 0.3) is 0 Å². The predicted molar refractivity (Wildman–Crippen MR) is 118 cm³/mol. The molecule has 0 fully saturated rings. The number of methoxy groups -OCH3 is 2. The van der Waals surface area contributed by atoms with Crippen LogP contribution in [-0.2, 0) is 13.1 Å². The minimum absolute atomic E-state index is 0. The van der Waals surface area contributed by atoms with Crippen LogP contribution in [0.25, 0.3) is 0 Å². The summed E-state index contributed by atoms with van der Waals surface area (Å²) in [5.74, 6) is 1.12. The molecule has 3 aromatic carbocycles. The molecule has 0 unspecified atom stereocenters. The molecular formula is C24H26ClNO3. The monoisotopic (exact) mass is 411 g/mol. The highest BCUT2D eigenvalue weighted by Gasteiger charge is 2.13. The average Bonchev–Trinajstić information content (AvgIpc) is 2.74. The van der Waals surface area contributed by atoms with Crippen molar-refractivity contribution in [3.8, 4) is 11.5 Å². The van der Waals surface area contributed by atoms with E-state index >= 15 is 0 Å². The Hall–Kier alpha value is -2.82. The first-order valence-electron chi connectivity index (χ1n) is 9.19. The number of carbonyl (C=O) groups excluding carboxylic acids is 1. The molecule has 0 saturated heterocycles. The molecule has 0 radical (unpaired) electrons. The second-order valence-electron chi connectivity index (χ2n) is 6.75. The van der Waals surface area contributed by atoms with Gasteiger partial charge in [-0.1, -0.05) is 54.6 Å². The first-order valence-corrected chi connectivity index (χ1v) is 9.19. The van der Waals surface area contributed by atoms with Crippen molar-refractivity contribution in [1.29, 1.82) is 0 Å². The Kier molecular flexibility index (Phi) is 8.25. The number of halogens is 1. The van der Waals surface area contributed by atoms with E-state index in [1.54, 1.807) is 32.4 Å². The predicted octanol–water partition coefficient (Wildman–Crippen LogP) is 4.99. The van der Waals surface area contributed by atoms with Crippen molar-refractivity contribution in [2.75, 3.05) is 21.3 Å². The maximum atomic E-state index is 12.8. The third-order valence-electron chi connectivity index (χ3n) is 4.61. The van der Waals surface area contributed by atoms with Gasteiger partial charge in [0.1, 0.15) is 0 Å². The van der Waals surface area contributed by atoms with E-state index in [2.05, 4.69) is 36.2 Å². The summed E-state index contributed by atoms with van der Waals surface area (Å²) in [6, 6.07) is 23.4. The standard InChI is InChI=1S/C24H25NO3.ClH/c1-25(16-18-7-5-4-6-8-18)17-19-9-11-20(12-10-19)24(26)21-13-14-22(27-2)23(15-21)28-3;/h4-15H,16-17H2,1-3H3;1H. The van der Waals surface area contributed by atoms with E-state index in [1.165, 1.54) is 11.1 Å². The minimum Gasteiger partial charge on any atom is -0.493 e. The van der Waals surface area contributed by atoms with Crippen molar-refractivity contribution in [2.24, 2.45) is 0 Å². The molecular weight excluding hydrogens is 386 g/mol. The van der Waals surface area contributed by atoms with Gasteiger partial charge >= 0.3 is 0 Å². The number of ketones is 1. The van der Waals surface area contributed by atoms with E-state index < -0.39 is 0 Å². The molecule has 0 saturated carbocycles. The molecule has 3 rings (SSSR count). The van der Waals surface area contributed by atoms with Gasteiger partial charge in [-0.3, -0.25) is 9.69 Å². The molecule has 29 heavy (non-hydrogen) atoms. The third-order valence-corrected chi connectivity index (χ3v) is 4.61. The summed E-state index contributed by atoms with van der Waals surface area (Å²) < 4.78 is 10.5. The van der Waals surface area contributed by atoms with Gasteiger partial charge in [-0.2, -0.15) is 0 Å². The molecule has 0 aromatic heterocycles. The van der Waals surface area contributed by atoms with E-state index in [0.717, 1.165) is 13.1 Å². The Morgan fingerprint density at radius 3 is 1.90 bits per heavy atom. The van der Waals surface area contributed by atoms with Crippen LogP contribution in [-0.4, -0.2) is 32.0 Å². The van der Waals surface area contributed by atoms with Crippen molar-refractivity contribution < 1.29 is 14.3 Å². The highest BCUT2D eigenvalue weighted by atomic mass is 35.5. The van der Waals surface area contributed by atoms with Crippen LogP contribution in [0.5, 0.6) is 11.5 Å². The molecule has 152 valence electrons. The van der Waals surface area contributed by atoms with Gasteiger partial charge in [0.2, 0.25) is 0 Å². The number of carbonyl (C=O) groups is 1. The summed E-state index contributed by atoms with van der Waals surface area (Å²) >= 11 is 0. The van der Waals surface area contributed by atoms with Crippen LogP contribution < -0.4 is 9.47 Å². The Morgan fingerprint density at radius 1 is 0.759 bits per heavy atom. The number of benzene rings is 3. The van der Waals surface area contributed by atoms with E-state index in [4.69, 9.17) is 9.47 Å². The number of hydrogen-bond donors (Lipinski definition) is 0. The SMILES string of the molecule is COc1ccc(C(=O)c2ccc(CN(C)Cc3ccccc3)cc2)cc1OC.Cl. The molecule has 0 N–H and O–H groups in total. The van der Waals surface area contributed by atoms with E-state index in [-0.39, 0.29) is 18.2 Å². The highest BCUT2D eigenvalue weighted by Crippen LogP contribution is 2.28. The van der Waals surface area contributed by atoms with Crippen molar-refractivity contribution in [3.63, 3.8) is 0 Å². The van der Waals surface area contributed by atoms with Gasteiger partial charge in [-0.25, -0.2) is 0 Å². The van der Waals surface area contributed by atoms with Crippen LogP contribution in [0.1, 0.15) is 27.0 Å². The van der Waals surface area contributed by atoms with Crippen LogP contribution in [0.4, 0.5) is 0 Å². The molecule has 5 heteroatoms. The van der Waals surface area contributed by atoms with Crippen molar-refractivity contribution in [1.82, 2.24) is 4.90 Å². The average molecular weight is 412 g/mol. The summed E-state index contributed by atoms with van der Waals surface area (Å²) in [6.07, 6.45) is 0. The van der Waals surface area contributed by atoms with Gasteiger partial charge in [-0.05, 0) is 36.4 Å². The summed E-state index contributed by atoms with van der Waals surface area (Å²) in [6.45, 7) is 1.70. The summed E-state index contributed by atoms with van der Waals surface area (Å²) in [5.41, 5.74) is 3.68. The van der Waals surface area contributed by atoms with Gasteiger partial charge in [-0.15, -0.1) is 12.4 Å². The van der Waals surface area contributed by atoms with Crippen LogP contribution in [0, 0.1) is 0 Å². The third kappa shape index (κ3) is 5.83.